The molecule has 3 heteroatoms. The molecule has 1 aliphatic heterocycles. The summed E-state index contributed by atoms with van der Waals surface area (Å²) in [7, 11) is 0. The summed E-state index contributed by atoms with van der Waals surface area (Å²) in [5.41, 5.74) is 2.56. The van der Waals surface area contributed by atoms with Gasteiger partial charge in [0.1, 0.15) is 5.75 Å². The Morgan fingerprint density at radius 3 is 2.85 bits per heavy atom. The molecule has 1 atom stereocenters. The molecule has 1 unspecified atom stereocenters. The van der Waals surface area contributed by atoms with Gasteiger partial charge >= 0.3 is 0 Å². The van der Waals surface area contributed by atoms with Crippen LogP contribution in [0.4, 0.5) is 0 Å². The van der Waals surface area contributed by atoms with Crippen molar-refractivity contribution >= 4 is 11.6 Å². The quantitative estimate of drug-likeness (QED) is 0.813. The van der Waals surface area contributed by atoms with Crippen molar-refractivity contribution in [3.8, 4) is 5.75 Å². The first-order valence-corrected chi connectivity index (χ1v) is 8.17. The molecular formula is C17H26ClNO. The van der Waals surface area contributed by atoms with E-state index in [1.807, 2.05) is 6.07 Å². The molecule has 2 rings (SSSR count). The van der Waals surface area contributed by atoms with Crippen molar-refractivity contribution in [1.29, 1.82) is 0 Å². The molecule has 1 aromatic rings. The van der Waals surface area contributed by atoms with Crippen LogP contribution in [0.3, 0.4) is 0 Å². The minimum atomic E-state index is 0.605. The zero-order chi connectivity index (χ0) is 14.5. The Kier molecular flexibility index (Phi) is 5.74. The second-order valence-corrected chi connectivity index (χ2v) is 6.39. The van der Waals surface area contributed by atoms with Crippen LogP contribution < -0.4 is 10.1 Å². The zero-order valence-corrected chi connectivity index (χ0v) is 13.6. The summed E-state index contributed by atoms with van der Waals surface area (Å²) in [6, 6.07) is 4.72. The van der Waals surface area contributed by atoms with Gasteiger partial charge in [0.25, 0.3) is 0 Å². The van der Waals surface area contributed by atoms with E-state index < -0.39 is 0 Å². The summed E-state index contributed by atoms with van der Waals surface area (Å²) < 4.78 is 5.76. The van der Waals surface area contributed by atoms with Crippen LogP contribution in [0.15, 0.2) is 12.1 Å². The maximum Gasteiger partial charge on any atom is 0.125 e. The molecule has 0 spiro atoms. The Labute approximate surface area is 127 Å². The van der Waals surface area contributed by atoms with Crippen LogP contribution in [0, 0.1) is 5.92 Å². The highest BCUT2D eigenvalue weighted by atomic mass is 35.5. The van der Waals surface area contributed by atoms with E-state index in [1.165, 1.54) is 24.0 Å². The SMILES string of the molecule is CCNC(CCCc1cc(Cl)cc2c1OCC2)C(C)C. The first-order chi connectivity index (χ1) is 9.61. The predicted octanol–water partition coefficient (Wildman–Crippen LogP) is 4.23. The van der Waals surface area contributed by atoms with E-state index >= 15 is 0 Å². The van der Waals surface area contributed by atoms with E-state index in [-0.39, 0.29) is 0 Å². The van der Waals surface area contributed by atoms with E-state index in [0.717, 1.165) is 36.8 Å². The van der Waals surface area contributed by atoms with Gasteiger partial charge in [-0.2, -0.15) is 0 Å². The molecular weight excluding hydrogens is 270 g/mol. The molecule has 2 nitrogen and oxygen atoms in total. The monoisotopic (exact) mass is 295 g/mol. The van der Waals surface area contributed by atoms with Crippen LogP contribution in [0.2, 0.25) is 5.02 Å². The number of aryl methyl sites for hydroxylation is 1. The third-order valence-electron chi connectivity index (χ3n) is 4.06. The van der Waals surface area contributed by atoms with Crippen molar-refractivity contribution in [2.24, 2.45) is 5.92 Å². The number of fused-ring (bicyclic) bond motifs is 1. The van der Waals surface area contributed by atoms with Gasteiger partial charge in [-0.1, -0.05) is 32.4 Å². The fourth-order valence-electron chi connectivity index (χ4n) is 2.98. The Hall–Kier alpha value is -0.730. The van der Waals surface area contributed by atoms with Gasteiger partial charge in [-0.3, -0.25) is 0 Å². The molecule has 0 radical (unpaired) electrons. The number of benzene rings is 1. The summed E-state index contributed by atoms with van der Waals surface area (Å²) in [6.07, 6.45) is 4.42. The molecule has 0 saturated heterocycles. The molecule has 1 aliphatic rings. The van der Waals surface area contributed by atoms with Crippen molar-refractivity contribution in [1.82, 2.24) is 5.32 Å². The maximum atomic E-state index is 6.20. The Bertz CT molecular complexity index is 445. The van der Waals surface area contributed by atoms with Gasteiger partial charge in [-0.15, -0.1) is 0 Å². The van der Waals surface area contributed by atoms with Crippen molar-refractivity contribution in [2.45, 2.75) is 52.5 Å². The van der Waals surface area contributed by atoms with Crippen molar-refractivity contribution < 1.29 is 4.74 Å². The molecule has 0 amide bonds. The standard InChI is InChI=1S/C17H26ClNO/c1-4-19-16(12(2)3)7-5-6-13-10-15(18)11-14-8-9-20-17(13)14/h10-12,16,19H,4-9H2,1-3H3. The number of halogens is 1. The molecule has 0 aliphatic carbocycles. The lowest BCUT2D eigenvalue weighted by Crippen LogP contribution is -2.33. The van der Waals surface area contributed by atoms with Crippen LogP contribution >= 0.6 is 11.6 Å². The lowest BCUT2D eigenvalue weighted by Gasteiger charge is -2.21. The van der Waals surface area contributed by atoms with Crippen LogP contribution in [-0.4, -0.2) is 19.2 Å². The first-order valence-electron chi connectivity index (χ1n) is 7.79. The van der Waals surface area contributed by atoms with Crippen LogP contribution in [0.1, 0.15) is 44.7 Å². The van der Waals surface area contributed by atoms with E-state index in [1.54, 1.807) is 0 Å². The molecule has 112 valence electrons. The third-order valence-corrected chi connectivity index (χ3v) is 4.28. The zero-order valence-electron chi connectivity index (χ0n) is 12.8. The highest BCUT2D eigenvalue weighted by molar-refractivity contribution is 6.30. The van der Waals surface area contributed by atoms with Crippen molar-refractivity contribution in [3.05, 3.63) is 28.3 Å². The number of nitrogens with one attached hydrogen (secondary N) is 1. The summed E-state index contributed by atoms with van der Waals surface area (Å²) in [5, 5.41) is 4.42. The van der Waals surface area contributed by atoms with E-state index in [2.05, 4.69) is 32.2 Å². The van der Waals surface area contributed by atoms with Crippen molar-refractivity contribution in [3.63, 3.8) is 0 Å². The van der Waals surface area contributed by atoms with Gasteiger partial charge in [0.05, 0.1) is 6.61 Å². The Balaban J connectivity index is 1.94. The fourth-order valence-corrected chi connectivity index (χ4v) is 3.24. The summed E-state index contributed by atoms with van der Waals surface area (Å²) in [5.74, 6) is 1.77. The minimum Gasteiger partial charge on any atom is -0.493 e. The van der Waals surface area contributed by atoms with Crippen molar-refractivity contribution in [2.75, 3.05) is 13.2 Å². The molecule has 1 N–H and O–H groups in total. The maximum absolute atomic E-state index is 6.20. The molecule has 1 heterocycles. The average molecular weight is 296 g/mol. The summed E-state index contributed by atoms with van der Waals surface area (Å²) >= 11 is 6.20. The molecule has 0 bridgehead atoms. The third kappa shape index (κ3) is 3.89. The van der Waals surface area contributed by atoms with Gasteiger partial charge in [0.2, 0.25) is 0 Å². The van der Waals surface area contributed by atoms with Gasteiger partial charge in [0.15, 0.2) is 0 Å². The lowest BCUT2D eigenvalue weighted by atomic mass is 9.96. The summed E-state index contributed by atoms with van der Waals surface area (Å²) in [4.78, 5) is 0. The van der Waals surface area contributed by atoms with Crippen LogP contribution in [-0.2, 0) is 12.8 Å². The number of ether oxygens (including phenoxy) is 1. The topological polar surface area (TPSA) is 21.3 Å². The Morgan fingerprint density at radius 1 is 1.35 bits per heavy atom. The van der Waals surface area contributed by atoms with E-state index in [9.17, 15) is 0 Å². The van der Waals surface area contributed by atoms with Crippen LogP contribution in [0.25, 0.3) is 0 Å². The van der Waals surface area contributed by atoms with Gasteiger partial charge in [-0.25, -0.2) is 0 Å². The van der Waals surface area contributed by atoms with Gasteiger partial charge in [-0.05, 0) is 55.0 Å². The normalized spacial score (nSPS) is 15.2. The molecule has 1 aromatic carbocycles. The predicted molar refractivity (Wildman–Crippen MR) is 85.9 cm³/mol. The first kappa shape index (κ1) is 15.7. The second kappa shape index (κ2) is 7.33. The number of rotatable bonds is 7. The molecule has 0 aromatic heterocycles. The number of hydrogen-bond acceptors (Lipinski definition) is 2. The Morgan fingerprint density at radius 2 is 2.15 bits per heavy atom. The fraction of sp³-hybridized carbons (Fsp3) is 0.647. The molecule has 20 heavy (non-hydrogen) atoms. The van der Waals surface area contributed by atoms with Gasteiger partial charge in [0, 0.05) is 17.5 Å². The smallest absolute Gasteiger partial charge is 0.125 e. The van der Waals surface area contributed by atoms with Gasteiger partial charge < -0.3 is 10.1 Å². The molecule has 0 saturated carbocycles. The highest BCUT2D eigenvalue weighted by Gasteiger charge is 2.18. The number of hydrogen-bond donors (Lipinski definition) is 1. The highest BCUT2D eigenvalue weighted by Crippen LogP contribution is 2.33. The minimum absolute atomic E-state index is 0.605. The van der Waals surface area contributed by atoms with E-state index in [0.29, 0.717) is 12.0 Å². The second-order valence-electron chi connectivity index (χ2n) is 5.95. The average Bonchev–Trinajstić information content (AvgIpc) is 2.85. The summed E-state index contributed by atoms with van der Waals surface area (Å²) in [6.45, 7) is 8.58. The van der Waals surface area contributed by atoms with E-state index in [4.69, 9.17) is 16.3 Å². The largest absolute Gasteiger partial charge is 0.493 e. The van der Waals surface area contributed by atoms with Crippen LogP contribution in [0.5, 0.6) is 5.75 Å². The molecule has 0 fully saturated rings. The lowest BCUT2D eigenvalue weighted by molar-refractivity contribution is 0.350.